The normalized spacial score (nSPS) is 10.7. The molecule has 0 aliphatic rings. The summed E-state index contributed by atoms with van der Waals surface area (Å²) in [7, 11) is 1.83. The van der Waals surface area contributed by atoms with Gasteiger partial charge in [0.1, 0.15) is 12.2 Å². The number of imidazole rings is 1. The van der Waals surface area contributed by atoms with Gasteiger partial charge in [0.2, 0.25) is 0 Å². The number of nitrogens with one attached hydrogen (secondary N) is 2. The number of allylic oxidation sites excluding steroid dienone is 4. The zero-order valence-electron chi connectivity index (χ0n) is 25.9. The average Bonchev–Trinajstić information content (AvgIpc) is 3.48. The van der Waals surface area contributed by atoms with E-state index in [0.29, 0.717) is 34.0 Å². The molecule has 11 heteroatoms. The van der Waals surface area contributed by atoms with Crippen molar-refractivity contribution in [3.63, 3.8) is 0 Å². The number of halogens is 3. The highest BCUT2D eigenvalue weighted by Gasteiger charge is 2.25. The van der Waals surface area contributed by atoms with Crippen molar-refractivity contribution in [1.29, 1.82) is 0 Å². The summed E-state index contributed by atoms with van der Waals surface area (Å²) < 4.78 is 37.6. The molecule has 0 fully saturated rings. The molecule has 0 spiro atoms. The Morgan fingerprint density at radius 1 is 1.07 bits per heavy atom. The maximum atomic E-state index is 12.0. The first kappa shape index (κ1) is 40.5. The standard InChI is InChI=1S/C14H15N3O.C13H11F3N4.C5H8.C2H6.CH4/c1-16-11-8-6-10(7-9-11)14(18)17-13-5-3-2-4-12(13)15;1-17-10(5-6-18-9-13(14,15)16)11-8-19-12-4-2-3-7-20(11)12;1-3-5-4-2;1-2;/h2-9,16H,15H2,1H3,(H,17,18);2-8H,1,9H2;3-5H,1H2,2H3;1-2H3;1H4/b;10-5-,18-6?;5-4-;;. The van der Waals surface area contributed by atoms with Gasteiger partial charge < -0.3 is 16.4 Å². The summed E-state index contributed by atoms with van der Waals surface area (Å²) in [5, 5.41) is 5.78. The van der Waals surface area contributed by atoms with E-state index >= 15 is 0 Å². The molecular weight excluding hydrogens is 591 g/mol. The number of nitrogens with two attached hydrogens (primary N) is 1. The Morgan fingerprint density at radius 2 is 1.72 bits per heavy atom. The maximum absolute atomic E-state index is 12.0. The maximum Gasteiger partial charge on any atom is 0.407 e. The predicted molar refractivity (Wildman–Crippen MR) is 190 cm³/mol. The van der Waals surface area contributed by atoms with E-state index in [1.54, 1.807) is 47.1 Å². The van der Waals surface area contributed by atoms with Gasteiger partial charge in [0, 0.05) is 30.7 Å². The number of anilines is 3. The van der Waals surface area contributed by atoms with Crippen molar-refractivity contribution >= 4 is 47.2 Å². The van der Waals surface area contributed by atoms with Gasteiger partial charge in [0.05, 0.1) is 29.0 Å². The SMILES string of the molecule is C.C=C/C=C\C.C=N/C(=C\C=NCC(F)(F)F)c1cnc2ccccn12.CC.CNc1ccc(C(=O)Nc2ccccc2N)cc1. The van der Waals surface area contributed by atoms with Gasteiger partial charge in [-0.3, -0.25) is 19.2 Å². The molecule has 0 bridgehead atoms. The summed E-state index contributed by atoms with van der Waals surface area (Å²) in [6.07, 6.45) is 7.06. The summed E-state index contributed by atoms with van der Waals surface area (Å²) in [5.41, 5.74) is 10.2. The number of para-hydroxylation sites is 2. The Hall–Kier alpha value is -5.45. The highest BCUT2D eigenvalue weighted by Crippen LogP contribution is 2.19. The quantitative estimate of drug-likeness (QED) is 0.102. The van der Waals surface area contributed by atoms with Crippen molar-refractivity contribution in [2.45, 2.75) is 34.4 Å². The van der Waals surface area contributed by atoms with Crippen LogP contribution in [-0.4, -0.2) is 48.0 Å². The number of alkyl halides is 3. The number of amides is 1. The van der Waals surface area contributed by atoms with Crippen LogP contribution in [0.3, 0.4) is 0 Å². The average molecular weight is 636 g/mol. The Bertz CT molecular complexity index is 1570. The van der Waals surface area contributed by atoms with Crippen molar-refractivity contribution in [2.75, 3.05) is 30.0 Å². The lowest BCUT2D eigenvalue weighted by Gasteiger charge is -2.08. The number of nitrogens with zero attached hydrogens (tertiary/aromatic N) is 4. The van der Waals surface area contributed by atoms with Crippen LogP contribution < -0.4 is 16.4 Å². The van der Waals surface area contributed by atoms with Crippen LogP contribution >= 0.6 is 0 Å². The highest BCUT2D eigenvalue weighted by atomic mass is 19.4. The number of aliphatic imine (C=N–C) groups is 2. The molecule has 4 N–H and O–H groups in total. The number of pyridine rings is 1. The molecular formula is C35H44F3N7O. The van der Waals surface area contributed by atoms with Crippen LogP contribution in [0.2, 0.25) is 0 Å². The summed E-state index contributed by atoms with van der Waals surface area (Å²) in [4.78, 5) is 23.2. The molecule has 0 unspecified atom stereocenters. The van der Waals surface area contributed by atoms with E-state index in [0.717, 1.165) is 11.9 Å². The van der Waals surface area contributed by atoms with Crippen LogP contribution in [0.15, 0.2) is 120 Å². The van der Waals surface area contributed by atoms with Crippen molar-refractivity contribution in [3.8, 4) is 0 Å². The van der Waals surface area contributed by atoms with E-state index in [1.165, 1.54) is 6.08 Å². The van der Waals surface area contributed by atoms with Crippen LogP contribution in [0.4, 0.5) is 30.2 Å². The molecule has 4 aromatic rings. The summed E-state index contributed by atoms with van der Waals surface area (Å²) >= 11 is 0. The van der Waals surface area contributed by atoms with Crippen LogP contribution in [0, 0.1) is 0 Å². The number of hydrogen-bond acceptors (Lipinski definition) is 6. The molecule has 2 heterocycles. The lowest BCUT2D eigenvalue weighted by atomic mass is 10.2. The monoisotopic (exact) mass is 635 g/mol. The number of nitrogen functional groups attached to an aromatic ring is 1. The molecule has 0 aliphatic heterocycles. The third-order valence-corrected chi connectivity index (χ3v) is 5.43. The number of rotatable bonds is 8. The van der Waals surface area contributed by atoms with Crippen LogP contribution in [0.1, 0.15) is 44.2 Å². The number of fused-ring (bicyclic) bond motifs is 1. The third-order valence-electron chi connectivity index (χ3n) is 5.43. The van der Waals surface area contributed by atoms with Gasteiger partial charge in [-0.2, -0.15) is 13.2 Å². The zero-order valence-corrected chi connectivity index (χ0v) is 25.9. The summed E-state index contributed by atoms with van der Waals surface area (Å²) in [5.74, 6) is -0.171. The first-order valence-corrected chi connectivity index (χ1v) is 14.0. The van der Waals surface area contributed by atoms with Crippen molar-refractivity contribution < 1.29 is 18.0 Å². The fraction of sp³-hybridized carbons (Fsp3) is 0.200. The molecule has 2 aromatic heterocycles. The van der Waals surface area contributed by atoms with Gasteiger partial charge in [0.25, 0.3) is 5.91 Å². The lowest BCUT2D eigenvalue weighted by molar-refractivity contribution is -0.118. The van der Waals surface area contributed by atoms with Gasteiger partial charge >= 0.3 is 6.18 Å². The second kappa shape index (κ2) is 22.1. The highest BCUT2D eigenvalue weighted by molar-refractivity contribution is 6.05. The van der Waals surface area contributed by atoms with Crippen LogP contribution in [0.25, 0.3) is 11.3 Å². The predicted octanol–water partition coefficient (Wildman–Crippen LogP) is 8.98. The number of benzene rings is 2. The number of carbonyl (C=O) groups excluding carboxylic acids is 1. The van der Waals surface area contributed by atoms with E-state index in [1.807, 2.05) is 82.4 Å². The lowest BCUT2D eigenvalue weighted by Crippen LogP contribution is -2.13. The molecule has 2 aromatic carbocycles. The largest absolute Gasteiger partial charge is 0.407 e. The van der Waals surface area contributed by atoms with Gasteiger partial charge in [-0.05, 0) is 68.2 Å². The second-order valence-corrected chi connectivity index (χ2v) is 8.52. The molecule has 8 nitrogen and oxygen atoms in total. The fourth-order valence-corrected chi connectivity index (χ4v) is 3.35. The molecule has 4 rings (SSSR count). The minimum Gasteiger partial charge on any atom is -0.397 e. The first-order chi connectivity index (χ1) is 21.6. The summed E-state index contributed by atoms with van der Waals surface area (Å²) in [6.45, 7) is 11.6. The van der Waals surface area contributed by atoms with E-state index < -0.39 is 12.7 Å². The zero-order chi connectivity index (χ0) is 33.7. The first-order valence-electron chi connectivity index (χ1n) is 14.0. The van der Waals surface area contributed by atoms with Crippen molar-refractivity contribution in [1.82, 2.24) is 9.38 Å². The molecule has 246 valence electrons. The Balaban J connectivity index is 0.000000723. The molecule has 46 heavy (non-hydrogen) atoms. The molecule has 0 aliphatic carbocycles. The number of aromatic nitrogens is 2. The van der Waals surface area contributed by atoms with Crippen LogP contribution in [-0.2, 0) is 0 Å². The Morgan fingerprint density at radius 3 is 2.26 bits per heavy atom. The summed E-state index contributed by atoms with van der Waals surface area (Å²) in [6, 6.07) is 19.9. The third kappa shape index (κ3) is 14.3. The molecule has 0 saturated heterocycles. The van der Waals surface area contributed by atoms with Gasteiger partial charge in [-0.1, -0.05) is 64.3 Å². The van der Waals surface area contributed by atoms with E-state index in [4.69, 9.17) is 5.73 Å². The van der Waals surface area contributed by atoms with Gasteiger partial charge in [0.15, 0.2) is 0 Å². The van der Waals surface area contributed by atoms with E-state index in [-0.39, 0.29) is 13.3 Å². The fourth-order valence-electron chi connectivity index (χ4n) is 3.35. The van der Waals surface area contributed by atoms with E-state index in [9.17, 15) is 18.0 Å². The van der Waals surface area contributed by atoms with E-state index in [2.05, 4.69) is 38.9 Å². The van der Waals surface area contributed by atoms with Crippen molar-refractivity contribution in [3.05, 3.63) is 121 Å². The minimum absolute atomic E-state index is 0. The molecule has 0 atom stereocenters. The number of carbonyl (C=O) groups is 1. The smallest absolute Gasteiger partial charge is 0.397 e. The number of hydrogen-bond donors (Lipinski definition) is 3. The molecule has 0 saturated carbocycles. The molecule has 0 radical (unpaired) electrons. The Labute approximate surface area is 270 Å². The second-order valence-electron chi connectivity index (χ2n) is 8.52. The minimum atomic E-state index is -4.31. The topological polar surface area (TPSA) is 109 Å². The Kier molecular flexibility index (Phi) is 19.5. The van der Waals surface area contributed by atoms with Crippen molar-refractivity contribution in [2.24, 2.45) is 9.98 Å². The molecule has 1 amide bonds. The van der Waals surface area contributed by atoms with Crippen LogP contribution in [0.5, 0.6) is 0 Å². The van der Waals surface area contributed by atoms with Gasteiger partial charge in [-0.15, -0.1) is 0 Å². The van der Waals surface area contributed by atoms with Gasteiger partial charge in [-0.25, -0.2) is 4.98 Å².